The Morgan fingerprint density at radius 3 is 2.55 bits per heavy atom. The van der Waals surface area contributed by atoms with Crippen LogP contribution in [0, 0.1) is 0 Å². The average Bonchev–Trinajstić information content (AvgIpc) is 3.13. The average molecular weight is 443 g/mol. The van der Waals surface area contributed by atoms with Crippen LogP contribution in [0.4, 0.5) is 5.69 Å². The number of rotatable bonds is 6. The second-order valence-corrected chi connectivity index (χ2v) is 10.3. The van der Waals surface area contributed by atoms with E-state index in [9.17, 15) is 13.5 Å². The Hall–Kier alpha value is -2.55. The second-order valence-electron chi connectivity index (χ2n) is 6.34. The van der Waals surface area contributed by atoms with Gasteiger partial charge in [0.1, 0.15) is 5.75 Å². The van der Waals surface area contributed by atoms with Crippen LogP contribution < -0.4 is 4.72 Å². The Morgan fingerprint density at radius 2 is 1.83 bits per heavy atom. The standard InChI is InChI=1S/C21H18N2O3S3/c1-2-14-7-10-16(11-8-14)29(25,26)23-15-9-12-18(24)20(13-15)28-21-22-17-5-3-4-6-19(17)27-21/h3-13,23-24H,2H2,1H3. The first-order chi connectivity index (χ1) is 13.9. The van der Waals surface area contributed by atoms with E-state index in [0.717, 1.165) is 26.5 Å². The van der Waals surface area contributed by atoms with Crippen molar-refractivity contribution in [3.63, 3.8) is 0 Å². The molecule has 3 aromatic carbocycles. The largest absolute Gasteiger partial charge is 0.507 e. The third-order valence-corrected chi connectivity index (χ3v) is 7.87. The van der Waals surface area contributed by atoms with Crippen LogP contribution in [0.15, 0.2) is 80.9 Å². The molecule has 0 saturated carbocycles. The Morgan fingerprint density at radius 1 is 1.07 bits per heavy atom. The Bertz CT molecular complexity index is 1230. The summed E-state index contributed by atoms with van der Waals surface area (Å²) in [6.07, 6.45) is 0.845. The summed E-state index contributed by atoms with van der Waals surface area (Å²) in [4.78, 5) is 5.28. The van der Waals surface area contributed by atoms with Crippen molar-refractivity contribution in [1.29, 1.82) is 0 Å². The van der Waals surface area contributed by atoms with Crippen molar-refractivity contribution in [2.75, 3.05) is 4.72 Å². The minimum absolute atomic E-state index is 0.0736. The first-order valence-corrected chi connectivity index (χ1v) is 12.0. The number of anilines is 1. The molecule has 5 nitrogen and oxygen atoms in total. The van der Waals surface area contributed by atoms with E-state index in [2.05, 4.69) is 9.71 Å². The molecule has 0 spiro atoms. The number of fused-ring (bicyclic) bond motifs is 1. The van der Waals surface area contributed by atoms with E-state index in [-0.39, 0.29) is 10.6 Å². The van der Waals surface area contributed by atoms with Crippen LogP contribution in [0.5, 0.6) is 5.75 Å². The molecule has 0 radical (unpaired) electrons. The molecular weight excluding hydrogens is 424 g/mol. The van der Waals surface area contributed by atoms with E-state index in [0.29, 0.717) is 10.6 Å². The van der Waals surface area contributed by atoms with E-state index in [1.807, 2.05) is 31.2 Å². The lowest BCUT2D eigenvalue weighted by Crippen LogP contribution is -2.12. The van der Waals surface area contributed by atoms with E-state index in [1.165, 1.54) is 35.2 Å². The van der Waals surface area contributed by atoms with Gasteiger partial charge in [0.05, 0.1) is 25.7 Å². The molecule has 0 saturated heterocycles. The van der Waals surface area contributed by atoms with Crippen LogP contribution in [0.2, 0.25) is 0 Å². The molecule has 0 atom stereocenters. The number of aromatic nitrogens is 1. The molecule has 0 unspecified atom stereocenters. The third-order valence-electron chi connectivity index (χ3n) is 4.33. The number of hydrogen-bond donors (Lipinski definition) is 2. The predicted octanol–water partition coefficient (Wildman–Crippen LogP) is 5.52. The number of para-hydroxylation sites is 1. The summed E-state index contributed by atoms with van der Waals surface area (Å²) in [5.74, 6) is 0.0736. The molecule has 4 aromatic rings. The van der Waals surface area contributed by atoms with Crippen molar-refractivity contribution in [2.45, 2.75) is 27.5 Å². The molecule has 0 aliphatic rings. The molecule has 4 rings (SSSR count). The van der Waals surface area contributed by atoms with Crippen LogP contribution in [-0.2, 0) is 16.4 Å². The SMILES string of the molecule is CCc1ccc(S(=O)(=O)Nc2ccc(O)c(Sc3nc4ccccc4s3)c2)cc1. The zero-order valence-corrected chi connectivity index (χ0v) is 17.9. The number of hydrogen-bond acceptors (Lipinski definition) is 6. The Balaban J connectivity index is 1.58. The number of phenolic OH excluding ortho intramolecular Hbond substituents is 1. The molecule has 0 fully saturated rings. The van der Waals surface area contributed by atoms with Crippen molar-refractivity contribution < 1.29 is 13.5 Å². The zero-order valence-electron chi connectivity index (χ0n) is 15.5. The fraction of sp³-hybridized carbons (Fsp3) is 0.0952. The summed E-state index contributed by atoms with van der Waals surface area (Å²) in [6, 6.07) is 19.2. The molecule has 8 heteroatoms. The normalized spacial score (nSPS) is 11.6. The van der Waals surface area contributed by atoms with Gasteiger partial charge < -0.3 is 5.11 Å². The van der Waals surface area contributed by atoms with Crippen LogP contribution in [0.1, 0.15) is 12.5 Å². The first kappa shape index (κ1) is 19.8. The summed E-state index contributed by atoms with van der Waals surface area (Å²) < 4.78 is 29.8. The monoisotopic (exact) mass is 442 g/mol. The molecule has 0 amide bonds. The maximum absolute atomic E-state index is 12.7. The van der Waals surface area contributed by atoms with Gasteiger partial charge >= 0.3 is 0 Å². The Kier molecular flexibility index (Phi) is 5.49. The lowest BCUT2D eigenvalue weighted by Gasteiger charge is -2.10. The fourth-order valence-electron chi connectivity index (χ4n) is 2.77. The molecular formula is C21H18N2O3S3. The van der Waals surface area contributed by atoms with Gasteiger partial charge in [-0.2, -0.15) is 0 Å². The highest BCUT2D eigenvalue weighted by Gasteiger charge is 2.16. The number of thiazole rings is 1. The Labute approximate surface area is 177 Å². The van der Waals surface area contributed by atoms with E-state index < -0.39 is 10.0 Å². The highest BCUT2D eigenvalue weighted by Crippen LogP contribution is 2.39. The summed E-state index contributed by atoms with van der Waals surface area (Å²) in [6.45, 7) is 2.02. The maximum Gasteiger partial charge on any atom is 0.261 e. The summed E-state index contributed by atoms with van der Waals surface area (Å²) >= 11 is 2.83. The van der Waals surface area contributed by atoms with Crippen molar-refractivity contribution in [3.05, 3.63) is 72.3 Å². The van der Waals surface area contributed by atoms with Gasteiger partial charge in [0.15, 0.2) is 4.34 Å². The number of sulfonamides is 1. The summed E-state index contributed by atoms with van der Waals surface area (Å²) in [7, 11) is -3.72. The molecule has 0 bridgehead atoms. The zero-order chi connectivity index (χ0) is 20.4. The number of benzene rings is 3. The van der Waals surface area contributed by atoms with E-state index in [1.54, 1.807) is 30.3 Å². The van der Waals surface area contributed by atoms with Crippen molar-refractivity contribution >= 4 is 49.0 Å². The number of aromatic hydroxyl groups is 1. The molecule has 1 heterocycles. The van der Waals surface area contributed by atoms with Gasteiger partial charge in [0, 0.05) is 0 Å². The van der Waals surface area contributed by atoms with E-state index >= 15 is 0 Å². The quantitative estimate of drug-likeness (QED) is 0.385. The number of aryl methyl sites for hydroxylation is 1. The minimum atomic E-state index is -3.72. The molecule has 2 N–H and O–H groups in total. The van der Waals surface area contributed by atoms with Gasteiger partial charge in [-0.15, -0.1) is 11.3 Å². The lowest BCUT2D eigenvalue weighted by molar-refractivity contribution is 0.462. The smallest absolute Gasteiger partial charge is 0.261 e. The van der Waals surface area contributed by atoms with Crippen LogP contribution in [0.25, 0.3) is 10.2 Å². The van der Waals surface area contributed by atoms with Gasteiger partial charge in [0.25, 0.3) is 10.0 Å². The maximum atomic E-state index is 12.7. The molecule has 0 aliphatic carbocycles. The second kappa shape index (κ2) is 8.06. The molecule has 148 valence electrons. The molecule has 29 heavy (non-hydrogen) atoms. The highest BCUT2D eigenvalue weighted by atomic mass is 32.2. The minimum Gasteiger partial charge on any atom is -0.507 e. The van der Waals surface area contributed by atoms with Crippen molar-refractivity contribution in [1.82, 2.24) is 4.98 Å². The van der Waals surface area contributed by atoms with Gasteiger partial charge in [-0.05, 0) is 54.4 Å². The van der Waals surface area contributed by atoms with Gasteiger partial charge in [-0.1, -0.05) is 43.0 Å². The number of phenols is 1. The van der Waals surface area contributed by atoms with Crippen LogP contribution in [0.3, 0.4) is 0 Å². The van der Waals surface area contributed by atoms with Gasteiger partial charge in [-0.25, -0.2) is 13.4 Å². The van der Waals surface area contributed by atoms with Crippen molar-refractivity contribution in [3.8, 4) is 5.75 Å². The highest BCUT2D eigenvalue weighted by molar-refractivity contribution is 8.01. The number of nitrogens with zero attached hydrogens (tertiary/aromatic N) is 1. The van der Waals surface area contributed by atoms with Crippen LogP contribution in [-0.4, -0.2) is 18.5 Å². The van der Waals surface area contributed by atoms with E-state index in [4.69, 9.17) is 0 Å². The van der Waals surface area contributed by atoms with Gasteiger partial charge in [-0.3, -0.25) is 4.72 Å². The molecule has 0 aliphatic heterocycles. The molecule has 1 aromatic heterocycles. The summed E-state index contributed by atoms with van der Waals surface area (Å²) in [5.41, 5.74) is 2.35. The van der Waals surface area contributed by atoms with Crippen molar-refractivity contribution in [2.24, 2.45) is 0 Å². The van der Waals surface area contributed by atoms with Gasteiger partial charge in [0.2, 0.25) is 0 Å². The summed E-state index contributed by atoms with van der Waals surface area (Å²) in [5, 5.41) is 10.2. The third kappa shape index (κ3) is 4.39. The first-order valence-electron chi connectivity index (χ1n) is 8.93. The van der Waals surface area contributed by atoms with Crippen LogP contribution >= 0.6 is 23.1 Å². The topological polar surface area (TPSA) is 79.3 Å². The fourth-order valence-corrected chi connectivity index (χ4v) is 5.91. The lowest BCUT2D eigenvalue weighted by atomic mass is 10.2. The predicted molar refractivity (Wildman–Crippen MR) is 118 cm³/mol. The number of nitrogens with one attached hydrogen (secondary N) is 1.